The van der Waals surface area contributed by atoms with Gasteiger partial charge in [-0.1, -0.05) is 25.1 Å². The summed E-state index contributed by atoms with van der Waals surface area (Å²) in [6.07, 6.45) is 2.75. The Morgan fingerprint density at radius 3 is 2.49 bits per heavy atom. The smallest absolute Gasteiger partial charge is 0.427 e. The molecule has 0 unspecified atom stereocenters. The molecule has 0 saturated carbocycles. The number of carbonyl (C=O) groups excluding carboxylic acids is 2. The molecule has 1 aromatic carbocycles. The first kappa shape index (κ1) is 23.6. The van der Waals surface area contributed by atoms with Crippen molar-refractivity contribution in [1.82, 2.24) is 9.88 Å². The van der Waals surface area contributed by atoms with Gasteiger partial charge in [-0.05, 0) is 57.0 Å². The van der Waals surface area contributed by atoms with Crippen molar-refractivity contribution in [2.75, 3.05) is 49.6 Å². The predicted molar refractivity (Wildman–Crippen MR) is 134 cm³/mol. The van der Waals surface area contributed by atoms with E-state index in [4.69, 9.17) is 9.47 Å². The highest BCUT2D eigenvalue weighted by Crippen LogP contribution is 2.40. The van der Waals surface area contributed by atoms with Gasteiger partial charge in [0.25, 0.3) is 0 Å². The first-order valence-corrected chi connectivity index (χ1v) is 12.6. The number of nitrogens with zero attached hydrogens (tertiary/aromatic N) is 4. The minimum atomic E-state index is -0.889. The number of anilines is 2. The molecule has 0 aliphatic carbocycles. The van der Waals surface area contributed by atoms with E-state index in [0.717, 1.165) is 44.7 Å². The van der Waals surface area contributed by atoms with Gasteiger partial charge in [-0.15, -0.1) is 0 Å². The summed E-state index contributed by atoms with van der Waals surface area (Å²) in [6, 6.07) is 12.3. The number of carbonyl (C=O) groups is 2. The first-order chi connectivity index (χ1) is 16.9. The van der Waals surface area contributed by atoms with Crippen LogP contribution in [0.4, 0.5) is 16.2 Å². The van der Waals surface area contributed by atoms with Crippen molar-refractivity contribution < 1.29 is 19.1 Å². The first-order valence-electron chi connectivity index (χ1n) is 12.6. The van der Waals surface area contributed by atoms with Crippen molar-refractivity contribution in [2.45, 2.75) is 44.8 Å². The maximum Gasteiger partial charge on any atom is 0.509 e. The standard InChI is InChI=1S/C27H34N4O4/c1-4-27(19(2)34-26(33)35-27)24-10-9-22(18-28-24)31-12-11-21(25(31)32)17-20-7-5-6-8-23(20)30-15-13-29(3)14-16-30/h5-10,18-19,21H,4,11-17H2,1-3H3/t19-,21-,27+/m0/s1. The fourth-order valence-corrected chi connectivity index (χ4v) is 5.58. The second kappa shape index (κ2) is 9.49. The molecule has 3 saturated heterocycles. The maximum absolute atomic E-state index is 13.4. The van der Waals surface area contributed by atoms with Crippen molar-refractivity contribution in [1.29, 1.82) is 0 Å². The van der Waals surface area contributed by atoms with Crippen LogP contribution in [-0.4, -0.2) is 67.8 Å². The summed E-state index contributed by atoms with van der Waals surface area (Å²) in [5.74, 6) is 0.0939. The summed E-state index contributed by atoms with van der Waals surface area (Å²) < 4.78 is 10.7. The van der Waals surface area contributed by atoms with E-state index in [-0.39, 0.29) is 11.8 Å². The van der Waals surface area contributed by atoms with Gasteiger partial charge in [-0.2, -0.15) is 0 Å². The molecule has 1 amide bonds. The Hall–Kier alpha value is -3.13. The second-order valence-corrected chi connectivity index (χ2v) is 9.86. The summed E-state index contributed by atoms with van der Waals surface area (Å²) in [5, 5.41) is 0. The molecule has 3 aliphatic heterocycles. The van der Waals surface area contributed by atoms with Crippen molar-refractivity contribution in [3.63, 3.8) is 0 Å². The molecule has 8 heteroatoms. The minimum absolute atomic E-state index is 0.0468. The summed E-state index contributed by atoms with van der Waals surface area (Å²) in [4.78, 5) is 36.3. The van der Waals surface area contributed by atoms with E-state index >= 15 is 0 Å². The van der Waals surface area contributed by atoms with E-state index in [1.54, 1.807) is 6.20 Å². The van der Waals surface area contributed by atoms with Crippen LogP contribution in [0.2, 0.25) is 0 Å². The van der Waals surface area contributed by atoms with Crippen LogP contribution in [0.15, 0.2) is 42.6 Å². The van der Waals surface area contributed by atoms with Gasteiger partial charge in [0.05, 0.1) is 17.6 Å². The molecule has 5 rings (SSSR count). The predicted octanol–water partition coefficient (Wildman–Crippen LogP) is 3.59. The molecule has 1 aromatic heterocycles. The van der Waals surface area contributed by atoms with Crippen LogP contribution in [0.25, 0.3) is 0 Å². The Morgan fingerprint density at radius 2 is 1.83 bits per heavy atom. The number of hydrogen-bond acceptors (Lipinski definition) is 7. The molecule has 8 nitrogen and oxygen atoms in total. The van der Waals surface area contributed by atoms with Gasteiger partial charge in [0.1, 0.15) is 6.10 Å². The number of cyclic esters (lactones) is 2. The molecular weight excluding hydrogens is 444 g/mol. The highest BCUT2D eigenvalue weighted by molar-refractivity contribution is 5.97. The van der Waals surface area contributed by atoms with Crippen LogP contribution in [0.1, 0.15) is 37.9 Å². The third-order valence-corrected chi connectivity index (χ3v) is 7.83. The van der Waals surface area contributed by atoms with Crippen molar-refractivity contribution in [2.24, 2.45) is 5.92 Å². The number of benzene rings is 1. The molecule has 3 aliphatic rings. The van der Waals surface area contributed by atoms with Gasteiger partial charge < -0.3 is 24.2 Å². The molecule has 0 radical (unpaired) electrons. The van der Waals surface area contributed by atoms with E-state index in [0.29, 0.717) is 18.7 Å². The lowest BCUT2D eigenvalue weighted by molar-refractivity contribution is -0.120. The highest BCUT2D eigenvalue weighted by Gasteiger charge is 2.50. The molecule has 3 fully saturated rings. The number of amides is 1. The SMILES string of the molecule is CC[C@@]1(c2ccc(N3CC[C@@H](Cc4ccccc4N4CCN(C)CC4)C3=O)cn2)OC(=O)O[C@H]1C. The number of piperazine rings is 1. The molecule has 0 N–H and O–H groups in total. The molecular formula is C27H34N4O4. The van der Waals surface area contributed by atoms with Crippen molar-refractivity contribution in [3.05, 3.63) is 53.9 Å². The largest absolute Gasteiger partial charge is 0.509 e. The van der Waals surface area contributed by atoms with Gasteiger partial charge >= 0.3 is 6.16 Å². The zero-order valence-electron chi connectivity index (χ0n) is 20.8. The van der Waals surface area contributed by atoms with Crippen LogP contribution in [0, 0.1) is 5.92 Å². The fourth-order valence-electron chi connectivity index (χ4n) is 5.58. The van der Waals surface area contributed by atoms with Gasteiger partial charge in [0.15, 0.2) is 5.60 Å². The van der Waals surface area contributed by atoms with Crippen LogP contribution in [-0.2, 0) is 26.3 Å². The molecule has 186 valence electrons. The highest BCUT2D eigenvalue weighted by atomic mass is 16.8. The van der Waals surface area contributed by atoms with Gasteiger partial charge in [-0.25, -0.2) is 4.79 Å². The van der Waals surface area contributed by atoms with Crippen LogP contribution < -0.4 is 9.80 Å². The van der Waals surface area contributed by atoms with E-state index in [2.05, 4.69) is 46.1 Å². The summed E-state index contributed by atoms with van der Waals surface area (Å²) >= 11 is 0. The zero-order chi connectivity index (χ0) is 24.6. The van der Waals surface area contributed by atoms with Gasteiger partial charge in [0, 0.05) is 44.3 Å². The maximum atomic E-state index is 13.4. The van der Waals surface area contributed by atoms with Crippen molar-refractivity contribution >= 4 is 23.4 Å². The summed E-state index contributed by atoms with van der Waals surface area (Å²) in [7, 11) is 2.16. The topological polar surface area (TPSA) is 75.2 Å². The quantitative estimate of drug-likeness (QED) is 0.588. The summed E-state index contributed by atoms with van der Waals surface area (Å²) in [6.45, 7) is 8.56. The van der Waals surface area contributed by atoms with E-state index in [9.17, 15) is 9.59 Å². The summed E-state index contributed by atoms with van der Waals surface area (Å²) in [5.41, 5.74) is 3.03. The van der Waals surface area contributed by atoms with Crippen LogP contribution >= 0.6 is 0 Å². The molecule has 2 aromatic rings. The Bertz CT molecular complexity index is 1080. The van der Waals surface area contributed by atoms with Crippen LogP contribution in [0.3, 0.4) is 0 Å². The number of para-hydroxylation sites is 1. The average molecular weight is 479 g/mol. The molecule has 3 atom stereocenters. The lowest BCUT2D eigenvalue weighted by atomic mass is 9.90. The van der Waals surface area contributed by atoms with Crippen molar-refractivity contribution in [3.8, 4) is 0 Å². The van der Waals surface area contributed by atoms with E-state index in [1.807, 2.05) is 30.9 Å². The third-order valence-electron chi connectivity index (χ3n) is 7.83. The Kier molecular flexibility index (Phi) is 6.40. The average Bonchev–Trinajstić information content (AvgIpc) is 3.38. The number of likely N-dealkylation sites (N-methyl/N-ethyl adjacent to an activating group) is 1. The molecule has 35 heavy (non-hydrogen) atoms. The number of ether oxygens (including phenoxy) is 2. The van der Waals surface area contributed by atoms with E-state index in [1.165, 1.54) is 11.3 Å². The third kappa shape index (κ3) is 4.35. The molecule has 4 heterocycles. The Labute approximate surface area is 206 Å². The van der Waals surface area contributed by atoms with Gasteiger partial charge in [-0.3, -0.25) is 9.78 Å². The van der Waals surface area contributed by atoms with Crippen LogP contribution in [0.5, 0.6) is 0 Å². The van der Waals surface area contributed by atoms with Gasteiger partial charge in [0.2, 0.25) is 5.91 Å². The lowest BCUT2D eigenvalue weighted by Gasteiger charge is -2.35. The zero-order valence-corrected chi connectivity index (χ0v) is 20.8. The van der Waals surface area contributed by atoms with E-state index < -0.39 is 17.9 Å². The molecule has 0 spiro atoms. The monoisotopic (exact) mass is 478 g/mol. The molecule has 0 bridgehead atoms. The second-order valence-electron chi connectivity index (χ2n) is 9.86. The number of rotatable bonds is 6. The normalized spacial score (nSPS) is 27.3. The Morgan fingerprint density at radius 1 is 1.06 bits per heavy atom. The fraction of sp³-hybridized carbons (Fsp3) is 0.519. The Balaban J connectivity index is 1.29. The minimum Gasteiger partial charge on any atom is -0.427 e. The number of pyridine rings is 1. The lowest BCUT2D eigenvalue weighted by Crippen LogP contribution is -2.44. The number of aromatic nitrogens is 1. The number of hydrogen-bond donors (Lipinski definition) is 0.